The number of carbonyl (C=O) groups is 2. The molecular weight excluding hydrogens is 845 g/mol. The number of unbranched alkanes of at least 4 members (excludes halogenated alkanes) is 1. The third-order valence-corrected chi connectivity index (χ3v) is 14.4. The highest BCUT2D eigenvalue weighted by Gasteiger charge is 2.55. The van der Waals surface area contributed by atoms with E-state index in [1.165, 1.54) is 0 Å². The predicted octanol–water partition coefficient (Wildman–Crippen LogP) is 12.0. The molecule has 4 N–H and O–H groups in total. The SMILES string of the molecule is O=C1N(CCCCN2C(=O)C(c3ccc4cc(O)ccc4c3)(c3ccc4cc(O)ccc4c3)c3ccccc32)c2ccccc2C1(c1ccc2cc(O)ccc2c1)c1ccc2cc(O)ccc2c1. The second-order valence-corrected chi connectivity index (χ2v) is 18.1. The van der Waals surface area contributed by atoms with E-state index >= 15 is 9.59 Å². The summed E-state index contributed by atoms with van der Waals surface area (Å²) < 4.78 is 0. The van der Waals surface area contributed by atoms with Gasteiger partial charge in [0.2, 0.25) is 11.8 Å². The molecule has 0 saturated carbocycles. The highest BCUT2D eigenvalue weighted by atomic mass is 16.3. The Balaban J connectivity index is 0.908. The minimum Gasteiger partial charge on any atom is -0.508 e. The van der Waals surface area contributed by atoms with E-state index in [1.807, 2.05) is 131 Å². The van der Waals surface area contributed by atoms with Gasteiger partial charge in [0.1, 0.15) is 33.8 Å². The lowest BCUT2D eigenvalue weighted by atomic mass is 9.69. The van der Waals surface area contributed by atoms with Gasteiger partial charge in [0, 0.05) is 35.6 Å². The quantitative estimate of drug-likeness (QED) is 0.107. The second kappa shape index (κ2) is 15.5. The minimum atomic E-state index is -1.21. The molecule has 330 valence electrons. The average molecular weight is 889 g/mol. The van der Waals surface area contributed by atoms with Crippen LogP contribution < -0.4 is 9.80 Å². The first-order valence-corrected chi connectivity index (χ1v) is 22.9. The number of amides is 2. The molecule has 2 amide bonds. The largest absolute Gasteiger partial charge is 0.508 e. The fourth-order valence-electron chi connectivity index (χ4n) is 11.2. The van der Waals surface area contributed by atoms with Crippen molar-refractivity contribution in [3.63, 3.8) is 0 Å². The molecule has 68 heavy (non-hydrogen) atoms. The molecule has 8 nitrogen and oxygen atoms in total. The molecular formula is C60H44N2O6. The lowest BCUT2D eigenvalue weighted by molar-refractivity contribution is -0.121. The van der Waals surface area contributed by atoms with Crippen LogP contribution in [-0.2, 0) is 20.4 Å². The molecule has 0 aromatic heterocycles. The van der Waals surface area contributed by atoms with Crippen molar-refractivity contribution >= 4 is 66.3 Å². The Bertz CT molecular complexity index is 3320. The van der Waals surface area contributed by atoms with E-state index in [9.17, 15) is 20.4 Å². The molecule has 0 radical (unpaired) electrons. The van der Waals surface area contributed by atoms with Gasteiger partial charge in [0.25, 0.3) is 0 Å². The molecule has 2 aliphatic rings. The zero-order valence-corrected chi connectivity index (χ0v) is 36.8. The topological polar surface area (TPSA) is 122 Å². The first kappa shape index (κ1) is 40.9. The number of para-hydroxylation sites is 2. The van der Waals surface area contributed by atoms with Crippen LogP contribution in [0.15, 0.2) is 194 Å². The van der Waals surface area contributed by atoms with Crippen molar-refractivity contribution in [1.82, 2.24) is 0 Å². The maximum absolute atomic E-state index is 15.7. The van der Waals surface area contributed by atoms with E-state index in [-0.39, 0.29) is 34.8 Å². The Hall–Kier alpha value is -8.62. The Morgan fingerprint density at radius 2 is 0.588 bits per heavy atom. The molecule has 0 saturated heterocycles. The van der Waals surface area contributed by atoms with Gasteiger partial charge in [-0.3, -0.25) is 9.59 Å². The van der Waals surface area contributed by atoms with Crippen LogP contribution in [0.1, 0.15) is 46.2 Å². The van der Waals surface area contributed by atoms with Gasteiger partial charge in [-0.1, -0.05) is 109 Å². The van der Waals surface area contributed by atoms with Crippen LogP contribution in [0, 0.1) is 0 Å². The summed E-state index contributed by atoms with van der Waals surface area (Å²) in [4.78, 5) is 35.2. The molecule has 10 aromatic carbocycles. The molecule has 0 unspecified atom stereocenters. The van der Waals surface area contributed by atoms with Crippen LogP contribution in [0.25, 0.3) is 43.1 Å². The smallest absolute Gasteiger partial charge is 0.246 e. The molecule has 10 aromatic rings. The Kier molecular flexibility index (Phi) is 9.31. The fourth-order valence-corrected chi connectivity index (χ4v) is 11.2. The van der Waals surface area contributed by atoms with Gasteiger partial charge in [-0.2, -0.15) is 0 Å². The average Bonchev–Trinajstić information content (AvgIpc) is 3.76. The van der Waals surface area contributed by atoms with Crippen molar-refractivity contribution in [1.29, 1.82) is 0 Å². The number of hydrogen-bond acceptors (Lipinski definition) is 6. The van der Waals surface area contributed by atoms with Gasteiger partial charge in [-0.25, -0.2) is 0 Å². The molecule has 0 fully saturated rings. The maximum Gasteiger partial charge on any atom is 0.246 e. The van der Waals surface area contributed by atoms with Crippen LogP contribution in [0.4, 0.5) is 11.4 Å². The summed E-state index contributed by atoms with van der Waals surface area (Å²) in [6.45, 7) is 0.814. The van der Waals surface area contributed by atoms with E-state index in [0.29, 0.717) is 25.9 Å². The first-order valence-electron chi connectivity index (χ1n) is 22.9. The molecule has 0 aliphatic carbocycles. The van der Waals surface area contributed by atoms with E-state index in [0.717, 1.165) is 87.8 Å². The van der Waals surface area contributed by atoms with E-state index < -0.39 is 10.8 Å². The van der Waals surface area contributed by atoms with E-state index in [1.54, 1.807) is 48.5 Å². The van der Waals surface area contributed by atoms with Crippen LogP contribution in [0.2, 0.25) is 0 Å². The predicted molar refractivity (Wildman–Crippen MR) is 269 cm³/mol. The monoisotopic (exact) mass is 888 g/mol. The van der Waals surface area contributed by atoms with Gasteiger partial charge in [-0.15, -0.1) is 0 Å². The maximum atomic E-state index is 15.7. The van der Waals surface area contributed by atoms with E-state index in [2.05, 4.69) is 24.3 Å². The number of aromatic hydroxyl groups is 4. The highest BCUT2D eigenvalue weighted by molar-refractivity contribution is 6.15. The third-order valence-electron chi connectivity index (χ3n) is 14.4. The number of rotatable bonds is 9. The number of nitrogens with zero attached hydrogens (tertiary/aromatic N) is 2. The first-order chi connectivity index (χ1) is 33.1. The Morgan fingerprint density at radius 3 is 0.897 bits per heavy atom. The summed E-state index contributed by atoms with van der Waals surface area (Å²) >= 11 is 0. The van der Waals surface area contributed by atoms with Crippen molar-refractivity contribution < 1.29 is 30.0 Å². The van der Waals surface area contributed by atoms with Crippen LogP contribution in [-0.4, -0.2) is 45.3 Å². The van der Waals surface area contributed by atoms with Gasteiger partial charge >= 0.3 is 0 Å². The molecule has 8 heteroatoms. The molecule has 12 rings (SSSR count). The van der Waals surface area contributed by atoms with Crippen LogP contribution in [0.5, 0.6) is 23.0 Å². The number of phenolic OH excluding ortho intramolecular Hbond substituents is 4. The summed E-state index contributed by atoms with van der Waals surface area (Å²) in [6.07, 6.45) is 1.20. The summed E-state index contributed by atoms with van der Waals surface area (Å²) in [6, 6.07) is 61.0. The third kappa shape index (κ3) is 6.14. The van der Waals surface area contributed by atoms with Gasteiger partial charge < -0.3 is 30.2 Å². The van der Waals surface area contributed by atoms with Crippen molar-refractivity contribution in [2.24, 2.45) is 0 Å². The highest BCUT2D eigenvalue weighted by Crippen LogP contribution is 2.53. The van der Waals surface area contributed by atoms with Crippen molar-refractivity contribution in [2.45, 2.75) is 23.7 Å². The van der Waals surface area contributed by atoms with Crippen molar-refractivity contribution in [3.8, 4) is 23.0 Å². The lowest BCUT2D eigenvalue weighted by Gasteiger charge is -2.31. The summed E-state index contributed by atoms with van der Waals surface area (Å²) in [5, 5.41) is 48.2. The van der Waals surface area contributed by atoms with Gasteiger partial charge in [0.15, 0.2) is 0 Å². The molecule has 2 aliphatic heterocycles. The van der Waals surface area contributed by atoms with Gasteiger partial charge in [0.05, 0.1) is 0 Å². The molecule has 0 atom stereocenters. The molecule has 0 bridgehead atoms. The second-order valence-electron chi connectivity index (χ2n) is 18.1. The summed E-state index contributed by atoms with van der Waals surface area (Å²) in [7, 11) is 0. The number of anilines is 2. The van der Waals surface area contributed by atoms with Gasteiger partial charge in [-0.05, 0) is 163 Å². The van der Waals surface area contributed by atoms with Crippen molar-refractivity contribution in [2.75, 3.05) is 22.9 Å². The zero-order chi connectivity index (χ0) is 46.3. The Labute approximate surface area is 391 Å². The number of fused-ring (bicyclic) bond motifs is 6. The number of benzene rings is 10. The summed E-state index contributed by atoms with van der Waals surface area (Å²) in [5.41, 5.74) is 4.18. The fraction of sp³-hybridized carbons (Fsp3) is 0.100. The normalized spacial score (nSPS) is 14.9. The minimum absolute atomic E-state index is 0.0780. The number of hydrogen-bond donors (Lipinski definition) is 4. The number of carbonyl (C=O) groups excluding carboxylic acids is 2. The standard InChI is InChI=1S/C60H44N2O6/c63-49-23-15-37-29-45(19-11-41(37)33-49)59(46-20-12-42-34-50(64)24-16-38(42)30-46)53-7-1-3-9-55(53)61(57(59)67)27-5-6-28-62-56-10-4-2-8-54(56)60(58(62)68,47-21-13-43-35-51(65)25-17-39(43)31-47)48-22-14-44-36-52(66)26-18-40(44)32-48/h1-4,7-26,29-36,63-66H,5-6,27-28H2. The molecule has 0 spiro atoms. The number of phenols is 4. The van der Waals surface area contributed by atoms with Crippen LogP contribution in [0.3, 0.4) is 0 Å². The summed E-state index contributed by atoms with van der Waals surface area (Å²) in [5.74, 6) is 0.519. The lowest BCUT2D eigenvalue weighted by Crippen LogP contribution is -2.43. The zero-order valence-electron chi connectivity index (χ0n) is 36.8. The van der Waals surface area contributed by atoms with E-state index in [4.69, 9.17) is 0 Å². The molecule has 2 heterocycles. The Morgan fingerprint density at radius 1 is 0.324 bits per heavy atom. The van der Waals surface area contributed by atoms with Crippen molar-refractivity contribution in [3.05, 3.63) is 228 Å². The van der Waals surface area contributed by atoms with Crippen LogP contribution >= 0.6 is 0 Å².